The number of anilines is 6. The SMILES string of the molecule is C1=CCC(c2ccc(N(c3ccc(-c4ccc(-c5ccc(N(c6ccc(-c7ccccc7)cc6)c6cc(-c7ccccc7)cc(-c7ccccc7)c6)cc5)cc4)cc3)c3cc(-c4ccccc4)cc(-c4ccccc4)c3)cc2)C=C1. The van der Waals surface area contributed by atoms with Gasteiger partial charge in [0.05, 0.1) is 0 Å². The van der Waals surface area contributed by atoms with Crippen molar-refractivity contribution < 1.29 is 0 Å². The minimum Gasteiger partial charge on any atom is -0.310 e. The van der Waals surface area contributed by atoms with Gasteiger partial charge < -0.3 is 9.80 Å². The summed E-state index contributed by atoms with van der Waals surface area (Å²) >= 11 is 0. The Morgan fingerprint density at radius 2 is 0.463 bits per heavy atom. The molecule has 0 saturated carbocycles. The molecule has 1 atom stereocenters. The molecule has 2 nitrogen and oxygen atoms in total. The fourth-order valence-corrected chi connectivity index (χ4v) is 11.2. The number of allylic oxidation sites excluding steroid dienone is 4. The van der Waals surface area contributed by atoms with Crippen LogP contribution >= 0.6 is 0 Å². The van der Waals surface area contributed by atoms with Crippen molar-refractivity contribution >= 4 is 34.1 Å². The highest BCUT2D eigenvalue weighted by atomic mass is 15.1. The predicted molar refractivity (Wildman–Crippen MR) is 339 cm³/mol. The highest BCUT2D eigenvalue weighted by Gasteiger charge is 2.20. The second-order valence-electron chi connectivity index (χ2n) is 20.5. The molecule has 0 spiro atoms. The summed E-state index contributed by atoms with van der Waals surface area (Å²) in [7, 11) is 0. The van der Waals surface area contributed by atoms with Gasteiger partial charge in [-0.05, 0) is 175 Å². The first-order valence-electron chi connectivity index (χ1n) is 27.7. The van der Waals surface area contributed by atoms with Crippen molar-refractivity contribution in [1.82, 2.24) is 0 Å². The molecule has 12 aromatic rings. The molecule has 0 aliphatic heterocycles. The van der Waals surface area contributed by atoms with Crippen LogP contribution in [0.15, 0.2) is 334 Å². The summed E-state index contributed by atoms with van der Waals surface area (Å²) in [5, 5.41) is 0. The summed E-state index contributed by atoms with van der Waals surface area (Å²) in [6.07, 6.45) is 9.88. The zero-order chi connectivity index (χ0) is 53.5. The average Bonchev–Trinajstić information content (AvgIpc) is 3.58. The van der Waals surface area contributed by atoms with Gasteiger partial charge in [0, 0.05) is 40.0 Å². The van der Waals surface area contributed by atoms with E-state index in [4.69, 9.17) is 0 Å². The molecule has 2 heteroatoms. The largest absolute Gasteiger partial charge is 0.310 e. The Morgan fingerprint density at radius 1 is 0.212 bits per heavy atom. The maximum atomic E-state index is 2.40. The Bertz CT molecular complexity index is 3940. The molecule has 1 unspecified atom stereocenters. The molecule has 80 heavy (non-hydrogen) atoms. The van der Waals surface area contributed by atoms with Gasteiger partial charge in [0.25, 0.3) is 0 Å². The predicted octanol–water partition coefficient (Wildman–Crippen LogP) is 21.9. The Hall–Kier alpha value is -10.3. The number of hydrogen-bond donors (Lipinski definition) is 0. The van der Waals surface area contributed by atoms with Crippen LogP contribution in [-0.4, -0.2) is 0 Å². The van der Waals surface area contributed by atoms with E-state index in [9.17, 15) is 0 Å². The van der Waals surface area contributed by atoms with E-state index in [0.29, 0.717) is 5.92 Å². The Balaban J connectivity index is 0.823. The van der Waals surface area contributed by atoms with Crippen LogP contribution in [0.5, 0.6) is 0 Å². The van der Waals surface area contributed by atoms with Gasteiger partial charge in [-0.15, -0.1) is 0 Å². The summed E-state index contributed by atoms with van der Waals surface area (Å²) in [5.74, 6) is 0.376. The van der Waals surface area contributed by atoms with Crippen LogP contribution in [0.1, 0.15) is 17.9 Å². The van der Waals surface area contributed by atoms with Crippen molar-refractivity contribution in [2.45, 2.75) is 12.3 Å². The van der Waals surface area contributed by atoms with E-state index in [-0.39, 0.29) is 0 Å². The third-order valence-electron chi connectivity index (χ3n) is 15.4. The molecule has 0 fully saturated rings. The van der Waals surface area contributed by atoms with E-state index in [0.717, 1.165) is 73.9 Å². The monoisotopic (exact) mass is 1020 g/mol. The highest BCUT2D eigenvalue weighted by Crippen LogP contribution is 2.44. The lowest BCUT2D eigenvalue weighted by Gasteiger charge is -2.27. The van der Waals surface area contributed by atoms with Crippen molar-refractivity contribution in [1.29, 1.82) is 0 Å². The van der Waals surface area contributed by atoms with Gasteiger partial charge in [0.2, 0.25) is 0 Å². The standard InChI is InChI=1S/C78H58N2/c1-7-19-57(20-8-1)65-35-43-73(44-36-65)79(77-53-69(59-23-11-3-12-24-59)51-70(54-77)60-25-13-4-14-26-60)75-47-39-67(40-48-75)63-31-33-64(34-32-63)68-41-49-76(50-42-68)80(74-45-37-66(38-46-74)58-21-9-2-10-22-58)78-55-71(61-27-15-5-16-28-61)52-72(56-78)62-29-17-6-18-30-62/h1-21,23-56,58H,22H2. The quantitative estimate of drug-likeness (QED) is 0.107. The number of hydrogen-bond acceptors (Lipinski definition) is 2. The average molecular weight is 1020 g/mol. The van der Waals surface area contributed by atoms with E-state index in [1.165, 1.54) is 50.1 Å². The van der Waals surface area contributed by atoms with Gasteiger partial charge in [-0.1, -0.05) is 249 Å². The molecule has 1 aliphatic carbocycles. The molecule has 12 aromatic carbocycles. The van der Waals surface area contributed by atoms with Crippen molar-refractivity contribution in [3.63, 3.8) is 0 Å². The third-order valence-corrected chi connectivity index (χ3v) is 15.4. The molecule has 0 N–H and O–H groups in total. The lowest BCUT2D eigenvalue weighted by Crippen LogP contribution is -2.10. The van der Waals surface area contributed by atoms with E-state index < -0.39 is 0 Å². The first kappa shape index (κ1) is 49.3. The molecule has 0 heterocycles. The lowest BCUT2D eigenvalue weighted by molar-refractivity contribution is 0.854. The maximum absolute atomic E-state index is 2.40. The summed E-state index contributed by atoms with van der Waals surface area (Å²) < 4.78 is 0. The number of nitrogens with zero attached hydrogens (tertiary/aromatic N) is 2. The maximum Gasteiger partial charge on any atom is 0.0473 e. The van der Waals surface area contributed by atoms with Gasteiger partial charge in [-0.25, -0.2) is 0 Å². The first-order chi connectivity index (χ1) is 39.6. The van der Waals surface area contributed by atoms with Crippen molar-refractivity contribution in [3.05, 3.63) is 339 Å². The van der Waals surface area contributed by atoms with Crippen molar-refractivity contribution in [3.8, 4) is 77.9 Å². The van der Waals surface area contributed by atoms with Crippen LogP contribution in [0.3, 0.4) is 0 Å². The molecule has 0 saturated heterocycles. The highest BCUT2D eigenvalue weighted by molar-refractivity contribution is 5.88. The molecule has 0 aromatic heterocycles. The summed E-state index contributed by atoms with van der Waals surface area (Å²) in [5.41, 5.74) is 24.3. The smallest absolute Gasteiger partial charge is 0.0473 e. The van der Waals surface area contributed by atoms with E-state index >= 15 is 0 Å². The normalized spacial score (nSPS) is 12.7. The van der Waals surface area contributed by atoms with Gasteiger partial charge in [-0.2, -0.15) is 0 Å². The minimum absolute atomic E-state index is 0.376. The Kier molecular flexibility index (Phi) is 14.0. The van der Waals surface area contributed by atoms with Crippen LogP contribution < -0.4 is 9.80 Å². The summed E-state index contributed by atoms with van der Waals surface area (Å²) in [6.45, 7) is 0. The topological polar surface area (TPSA) is 6.48 Å². The van der Waals surface area contributed by atoms with Crippen LogP contribution in [0.2, 0.25) is 0 Å². The van der Waals surface area contributed by atoms with Crippen LogP contribution in [-0.2, 0) is 0 Å². The van der Waals surface area contributed by atoms with E-state index in [1.54, 1.807) is 0 Å². The molecular formula is C78H58N2. The number of benzene rings is 12. The molecular weight excluding hydrogens is 965 g/mol. The van der Waals surface area contributed by atoms with E-state index in [1.807, 2.05) is 0 Å². The second-order valence-corrected chi connectivity index (χ2v) is 20.5. The summed E-state index contributed by atoms with van der Waals surface area (Å²) in [6, 6.07) is 112. The Labute approximate surface area is 470 Å². The zero-order valence-corrected chi connectivity index (χ0v) is 44.4. The van der Waals surface area contributed by atoms with Gasteiger partial charge >= 0.3 is 0 Å². The first-order valence-corrected chi connectivity index (χ1v) is 27.7. The molecule has 0 bridgehead atoms. The van der Waals surface area contributed by atoms with Crippen LogP contribution in [0.25, 0.3) is 77.9 Å². The molecule has 0 amide bonds. The zero-order valence-electron chi connectivity index (χ0n) is 44.4. The second kappa shape index (κ2) is 22.7. The van der Waals surface area contributed by atoms with Gasteiger partial charge in [0.1, 0.15) is 0 Å². The molecule has 380 valence electrons. The van der Waals surface area contributed by atoms with E-state index in [2.05, 4.69) is 343 Å². The van der Waals surface area contributed by atoms with Gasteiger partial charge in [-0.3, -0.25) is 0 Å². The minimum atomic E-state index is 0.376. The molecule has 1 aliphatic rings. The number of rotatable bonds is 14. The lowest BCUT2D eigenvalue weighted by atomic mass is 9.92. The van der Waals surface area contributed by atoms with Gasteiger partial charge in [0.15, 0.2) is 0 Å². The van der Waals surface area contributed by atoms with Crippen LogP contribution in [0, 0.1) is 0 Å². The Morgan fingerprint density at radius 3 is 0.738 bits per heavy atom. The summed E-state index contributed by atoms with van der Waals surface area (Å²) in [4.78, 5) is 4.79. The fourth-order valence-electron chi connectivity index (χ4n) is 11.2. The molecule has 13 rings (SSSR count). The van der Waals surface area contributed by atoms with Crippen molar-refractivity contribution in [2.75, 3.05) is 9.80 Å². The fraction of sp³-hybridized carbons (Fsp3) is 0.0256. The third kappa shape index (κ3) is 10.7. The van der Waals surface area contributed by atoms with Crippen LogP contribution in [0.4, 0.5) is 34.1 Å². The molecule has 0 radical (unpaired) electrons. The van der Waals surface area contributed by atoms with Crippen molar-refractivity contribution in [2.24, 2.45) is 0 Å².